The molecule has 10 heteroatoms. The van der Waals surface area contributed by atoms with E-state index in [1.807, 2.05) is 26.0 Å². The van der Waals surface area contributed by atoms with Crippen LogP contribution in [0, 0.1) is 0 Å². The summed E-state index contributed by atoms with van der Waals surface area (Å²) in [7, 11) is -1.06. The highest BCUT2D eigenvalue weighted by Gasteiger charge is 2.33. The number of carbonyl (C=O) groups is 2. The molecule has 1 N–H and O–H groups in total. The van der Waals surface area contributed by atoms with Crippen LogP contribution < -0.4 is 19.1 Å². The second-order valence-corrected chi connectivity index (χ2v) is 11.3. The van der Waals surface area contributed by atoms with Gasteiger partial charge in [0.05, 0.1) is 24.8 Å². The van der Waals surface area contributed by atoms with Gasteiger partial charge >= 0.3 is 0 Å². The van der Waals surface area contributed by atoms with Crippen LogP contribution in [0.1, 0.15) is 38.7 Å². The van der Waals surface area contributed by atoms with Crippen molar-refractivity contribution < 1.29 is 27.5 Å². The Bertz CT molecular complexity index is 1380. The average molecular weight is 582 g/mol. The first-order valence-corrected chi connectivity index (χ1v) is 15.1. The van der Waals surface area contributed by atoms with Crippen LogP contribution in [0.3, 0.4) is 0 Å². The van der Waals surface area contributed by atoms with Crippen LogP contribution in [0.25, 0.3) is 0 Å². The molecule has 0 aliphatic carbocycles. The van der Waals surface area contributed by atoms with Gasteiger partial charge in [-0.25, -0.2) is 8.42 Å². The molecule has 41 heavy (non-hydrogen) atoms. The number of nitrogens with one attached hydrogen (secondary N) is 1. The summed E-state index contributed by atoms with van der Waals surface area (Å²) in [5.41, 5.74) is 1.05. The highest BCUT2D eigenvalue weighted by atomic mass is 32.2. The Balaban J connectivity index is 2.03. The van der Waals surface area contributed by atoms with Crippen molar-refractivity contribution in [1.82, 2.24) is 10.2 Å². The van der Waals surface area contributed by atoms with Crippen LogP contribution >= 0.6 is 0 Å². The molecule has 0 bridgehead atoms. The minimum Gasteiger partial charge on any atom is -0.497 e. The molecule has 3 aromatic carbocycles. The van der Waals surface area contributed by atoms with Crippen LogP contribution in [0.2, 0.25) is 0 Å². The Morgan fingerprint density at radius 2 is 1.56 bits per heavy atom. The third kappa shape index (κ3) is 8.23. The Kier molecular flexibility index (Phi) is 11.6. The van der Waals surface area contributed by atoms with Gasteiger partial charge in [-0.3, -0.25) is 13.9 Å². The minimum absolute atomic E-state index is 0.0484. The fraction of sp³-hybridized carbons (Fsp3) is 0.355. The van der Waals surface area contributed by atoms with Gasteiger partial charge in [0.15, 0.2) is 0 Å². The van der Waals surface area contributed by atoms with E-state index in [0.29, 0.717) is 30.2 Å². The van der Waals surface area contributed by atoms with E-state index in [1.165, 1.54) is 24.1 Å². The smallest absolute Gasteiger partial charge is 0.264 e. The van der Waals surface area contributed by atoms with E-state index < -0.39 is 28.5 Å². The average Bonchev–Trinajstić information content (AvgIpc) is 3.00. The van der Waals surface area contributed by atoms with Crippen LogP contribution in [0.4, 0.5) is 5.69 Å². The van der Waals surface area contributed by atoms with Crippen molar-refractivity contribution in [2.75, 3.05) is 31.6 Å². The van der Waals surface area contributed by atoms with Gasteiger partial charge in [0, 0.05) is 13.1 Å². The predicted molar refractivity (Wildman–Crippen MR) is 160 cm³/mol. The zero-order valence-electron chi connectivity index (χ0n) is 24.1. The number of sulfonamides is 1. The van der Waals surface area contributed by atoms with E-state index in [0.717, 1.165) is 22.7 Å². The summed E-state index contributed by atoms with van der Waals surface area (Å²) < 4.78 is 39.4. The Labute approximate surface area is 243 Å². The van der Waals surface area contributed by atoms with Gasteiger partial charge < -0.3 is 19.7 Å². The lowest BCUT2D eigenvalue weighted by Crippen LogP contribution is -2.52. The maximum Gasteiger partial charge on any atom is 0.264 e. The third-order valence-corrected chi connectivity index (χ3v) is 8.46. The molecule has 2 amide bonds. The van der Waals surface area contributed by atoms with E-state index in [-0.39, 0.29) is 17.3 Å². The van der Waals surface area contributed by atoms with Gasteiger partial charge in [0.2, 0.25) is 11.8 Å². The van der Waals surface area contributed by atoms with Crippen molar-refractivity contribution in [2.24, 2.45) is 0 Å². The highest BCUT2D eigenvalue weighted by molar-refractivity contribution is 7.92. The van der Waals surface area contributed by atoms with Crippen molar-refractivity contribution in [1.29, 1.82) is 0 Å². The molecule has 0 radical (unpaired) electrons. The maximum absolute atomic E-state index is 14.1. The molecule has 3 rings (SSSR count). The molecule has 0 aromatic heterocycles. The number of hydrogen-bond donors (Lipinski definition) is 1. The summed E-state index contributed by atoms with van der Waals surface area (Å²) in [6, 6.07) is 20.8. The molecule has 0 saturated heterocycles. The van der Waals surface area contributed by atoms with Crippen LogP contribution in [0.5, 0.6) is 11.5 Å². The first-order valence-electron chi connectivity index (χ1n) is 13.7. The second kappa shape index (κ2) is 15.1. The fourth-order valence-corrected chi connectivity index (χ4v) is 5.83. The number of anilines is 1. The van der Waals surface area contributed by atoms with Crippen molar-refractivity contribution in [2.45, 2.75) is 50.6 Å². The van der Waals surface area contributed by atoms with Gasteiger partial charge in [0.25, 0.3) is 10.0 Å². The largest absolute Gasteiger partial charge is 0.497 e. The lowest BCUT2D eigenvalue weighted by atomic mass is 10.1. The molecule has 0 aliphatic heterocycles. The number of unbranched alkanes of at least 4 members (excludes halogenated alkanes) is 1. The third-order valence-electron chi connectivity index (χ3n) is 6.67. The Morgan fingerprint density at radius 3 is 2.17 bits per heavy atom. The summed E-state index contributed by atoms with van der Waals surface area (Å²) in [6.45, 7) is 3.94. The number of benzene rings is 3. The molecule has 0 aliphatic rings. The first kappa shape index (κ1) is 31.5. The van der Waals surface area contributed by atoms with Gasteiger partial charge in [-0.2, -0.15) is 0 Å². The quantitative estimate of drug-likeness (QED) is 0.263. The number of ether oxygens (including phenoxy) is 2. The number of carbonyl (C=O) groups excluding carboxylic acids is 2. The lowest BCUT2D eigenvalue weighted by Gasteiger charge is -2.33. The number of rotatable bonds is 15. The van der Waals surface area contributed by atoms with Crippen molar-refractivity contribution in [3.63, 3.8) is 0 Å². The molecular weight excluding hydrogens is 542 g/mol. The molecular formula is C31H39N3O6S. The number of methoxy groups -OCH3 is 2. The van der Waals surface area contributed by atoms with Crippen LogP contribution in [-0.4, -0.2) is 58.5 Å². The maximum atomic E-state index is 14.1. The summed E-state index contributed by atoms with van der Waals surface area (Å²) in [6.07, 6.45) is 2.08. The fourth-order valence-electron chi connectivity index (χ4n) is 4.39. The normalized spacial score (nSPS) is 11.8. The van der Waals surface area contributed by atoms with Crippen molar-refractivity contribution >= 4 is 27.5 Å². The summed E-state index contributed by atoms with van der Waals surface area (Å²) >= 11 is 0. The second-order valence-electron chi connectivity index (χ2n) is 9.46. The number of nitrogens with zero attached hydrogens (tertiary/aromatic N) is 2. The zero-order chi connectivity index (χ0) is 29.8. The number of amides is 2. The molecule has 220 valence electrons. The predicted octanol–water partition coefficient (Wildman–Crippen LogP) is 4.62. The lowest BCUT2D eigenvalue weighted by molar-refractivity contribution is -0.140. The zero-order valence-corrected chi connectivity index (χ0v) is 24.9. The molecule has 0 saturated carbocycles. The Hall–Kier alpha value is -4.05. The molecule has 0 unspecified atom stereocenters. The summed E-state index contributed by atoms with van der Waals surface area (Å²) in [5, 5.41) is 2.93. The molecule has 0 heterocycles. The first-order chi connectivity index (χ1) is 19.7. The summed E-state index contributed by atoms with van der Waals surface area (Å²) in [5.74, 6) is 0.369. The molecule has 0 fully saturated rings. The van der Waals surface area contributed by atoms with Gasteiger partial charge in [0.1, 0.15) is 24.1 Å². The van der Waals surface area contributed by atoms with Crippen molar-refractivity contribution in [3.8, 4) is 11.5 Å². The van der Waals surface area contributed by atoms with E-state index in [2.05, 4.69) is 5.32 Å². The van der Waals surface area contributed by atoms with Crippen LogP contribution in [-0.2, 0) is 26.2 Å². The van der Waals surface area contributed by atoms with E-state index >= 15 is 0 Å². The van der Waals surface area contributed by atoms with Crippen LogP contribution in [0.15, 0.2) is 83.8 Å². The monoisotopic (exact) mass is 581 g/mol. The highest BCUT2D eigenvalue weighted by Crippen LogP contribution is 2.27. The van der Waals surface area contributed by atoms with Gasteiger partial charge in [-0.05, 0) is 66.9 Å². The van der Waals surface area contributed by atoms with E-state index in [9.17, 15) is 18.0 Å². The molecule has 9 nitrogen and oxygen atoms in total. The summed E-state index contributed by atoms with van der Waals surface area (Å²) in [4.78, 5) is 28.9. The SMILES string of the molecule is CCCCNC(=O)[C@@H](CC)N(Cc1cccc(OC)c1)C(=O)CN(c1ccc(OC)cc1)S(=O)(=O)c1ccccc1. The Morgan fingerprint density at radius 1 is 0.878 bits per heavy atom. The topological polar surface area (TPSA) is 105 Å². The van der Waals surface area contributed by atoms with Gasteiger partial charge in [-0.15, -0.1) is 0 Å². The molecule has 3 aromatic rings. The minimum atomic E-state index is -4.13. The van der Waals surface area contributed by atoms with Gasteiger partial charge in [-0.1, -0.05) is 50.6 Å². The number of hydrogen-bond acceptors (Lipinski definition) is 6. The standard InChI is InChI=1S/C31H39N3O6S/c1-5-7-20-32-31(36)29(6-2)33(22-24-12-11-13-27(21-24)40-4)30(35)23-34(25-16-18-26(39-3)19-17-25)41(37,38)28-14-9-8-10-15-28/h8-19,21,29H,5-7,20,22-23H2,1-4H3,(H,32,36)/t29-/m1/s1. The molecule has 0 spiro atoms. The van der Waals surface area contributed by atoms with Crippen molar-refractivity contribution in [3.05, 3.63) is 84.4 Å². The van der Waals surface area contributed by atoms with E-state index in [4.69, 9.17) is 9.47 Å². The van der Waals surface area contributed by atoms with E-state index in [1.54, 1.807) is 61.7 Å². The molecule has 1 atom stereocenters.